The van der Waals surface area contributed by atoms with Gasteiger partial charge in [-0.1, -0.05) is 6.92 Å². The molecule has 0 aliphatic carbocycles. The number of amides is 1. The van der Waals surface area contributed by atoms with Gasteiger partial charge in [0.05, 0.1) is 0 Å². The van der Waals surface area contributed by atoms with Gasteiger partial charge in [-0.3, -0.25) is 4.79 Å². The van der Waals surface area contributed by atoms with Gasteiger partial charge in [0.2, 0.25) is 0 Å². The maximum atomic E-state index is 11.4. The van der Waals surface area contributed by atoms with Crippen LogP contribution in [0.15, 0.2) is 24.3 Å². The fourth-order valence-electron chi connectivity index (χ4n) is 2.19. The van der Waals surface area contributed by atoms with Crippen molar-refractivity contribution in [3.63, 3.8) is 0 Å². The molecule has 0 saturated carbocycles. The highest BCUT2D eigenvalue weighted by atomic mass is 32.2. The normalized spacial score (nSPS) is 23.4. The highest BCUT2D eigenvalue weighted by Gasteiger charge is 2.21. The van der Waals surface area contributed by atoms with Gasteiger partial charge in [-0.25, -0.2) is 0 Å². The molecule has 1 aromatic carbocycles. The molecule has 2 N–H and O–H groups in total. The minimum atomic E-state index is -0.0388. The lowest BCUT2D eigenvalue weighted by molar-refractivity contribution is 0.0963. The molecule has 0 aromatic heterocycles. The number of benzene rings is 1. The lowest BCUT2D eigenvalue weighted by Gasteiger charge is -2.30. The Bertz CT molecular complexity index is 405. The van der Waals surface area contributed by atoms with Crippen LogP contribution in [0.5, 0.6) is 0 Å². The summed E-state index contributed by atoms with van der Waals surface area (Å²) in [6, 6.07) is 8.23. The number of thioether (sulfide) groups is 1. The minimum absolute atomic E-state index is 0.0388. The molecule has 0 spiro atoms. The summed E-state index contributed by atoms with van der Waals surface area (Å²) in [7, 11) is 1.65. The third-order valence-corrected chi connectivity index (χ3v) is 4.71. The van der Waals surface area contributed by atoms with Gasteiger partial charge in [0.25, 0.3) is 5.91 Å². The molecule has 0 radical (unpaired) electrons. The summed E-state index contributed by atoms with van der Waals surface area (Å²) >= 11 is 2.03. The van der Waals surface area contributed by atoms with E-state index in [1.165, 1.54) is 18.6 Å². The van der Waals surface area contributed by atoms with E-state index in [2.05, 4.69) is 17.6 Å². The van der Waals surface area contributed by atoms with Crippen molar-refractivity contribution >= 4 is 23.4 Å². The van der Waals surface area contributed by atoms with E-state index >= 15 is 0 Å². The highest BCUT2D eigenvalue weighted by molar-refractivity contribution is 8.00. The fraction of sp³-hybridized carbons (Fsp3) is 0.500. The van der Waals surface area contributed by atoms with Crippen LogP contribution in [-0.2, 0) is 0 Å². The number of nitrogens with one attached hydrogen (secondary N) is 2. The summed E-state index contributed by atoms with van der Waals surface area (Å²) in [6.45, 7) is 2.28. The van der Waals surface area contributed by atoms with E-state index in [9.17, 15) is 4.79 Å². The van der Waals surface area contributed by atoms with Crippen molar-refractivity contribution < 1.29 is 4.79 Å². The first kappa shape index (κ1) is 13.3. The van der Waals surface area contributed by atoms with Crippen LogP contribution in [0.4, 0.5) is 5.69 Å². The molecule has 2 atom stereocenters. The van der Waals surface area contributed by atoms with E-state index < -0.39 is 0 Å². The van der Waals surface area contributed by atoms with E-state index in [0.717, 1.165) is 5.69 Å². The Balaban J connectivity index is 1.99. The van der Waals surface area contributed by atoms with Gasteiger partial charge in [-0.2, -0.15) is 11.8 Å². The largest absolute Gasteiger partial charge is 0.381 e. The molecule has 2 rings (SSSR count). The molecule has 1 aromatic rings. The molecule has 4 heteroatoms. The first-order chi connectivity index (χ1) is 8.70. The first-order valence-corrected chi connectivity index (χ1v) is 7.46. The third kappa shape index (κ3) is 3.19. The average Bonchev–Trinajstić information content (AvgIpc) is 2.41. The van der Waals surface area contributed by atoms with Crippen molar-refractivity contribution in [3.05, 3.63) is 29.8 Å². The Kier molecular flexibility index (Phi) is 4.53. The number of rotatable bonds is 3. The predicted molar refractivity (Wildman–Crippen MR) is 78.4 cm³/mol. The van der Waals surface area contributed by atoms with Gasteiger partial charge < -0.3 is 10.6 Å². The van der Waals surface area contributed by atoms with Crippen molar-refractivity contribution in [2.45, 2.75) is 31.1 Å². The third-order valence-electron chi connectivity index (χ3n) is 3.33. The van der Waals surface area contributed by atoms with Crippen LogP contribution in [0.25, 0.3) is 0 Å². The highest BCUT2D eigenvalue weighted by Crippen LogP contribution is 2.27. The maximum absolute atomic E-state index is 11.4. The summed E-state index contributed by atoms with van der Waals surface area (Å²) in [6.07, 6.45) is 2.51. The van der Waals surface area contributed by atoms with Crippen LogP contribution in [0.1, 0.15) is 30.1 Å². The Hall–Kier alpha value is -1.16. The Morgan fingerprint density at radius 3 is 2.67 bits per heavy atom. The van der Waals surface area contributed by atoms with Gasteiger partial charge in [-0.15, -0.1) is 0 Å². The van der Waals surface area contributed by atoms with Crippen LogP contribution in [-0.4, -0.2) is 30.0 Å². The van der Waals surface area contributed by atoms with E-state index in [1.807, 2.05) is 36.0 Å². The van der Waals surface area contributed by atoms with Crippen molar-refractivity contribution in [1.29, 1.82) is 0 Å². The van der Waals surface area contributed by atoms with Crippen molar-refractivity contribution in [2.75, 3.05) is 18.1 Å². The number of hydrogen-bond acceptors (Lipinski definition) is 3. The standard InChI is InChI=1S/C14H20N2OS/c1-10-13(4-3-9-18-10)16-12-7-5-11(6-8-12)14(17)15-2/h5-8,10,13,16H,3-4,9H2,1-2H3,(H,15,17). The van der Waals surface area contributed by atoms with Crippen LogP contribution in [0, 0.1) is 0 Å². The number of hydrogen-bond donors (Lipinski definition) is 2. The summed E-state index contributed by atoms with van der Waals surface area (Å²) in [5, 5.41) is 6.84. The summed E-state index contributed by atoms with van der Waals surface area (Å²) in [5.74, 6) is 1.23. The van der Waals surface area contributed by atoms with Crippen molar-refractivity contribution in [3.8, 4) is 0 Å². The van der Waals surface area contributed by atoms with E-state index in [4.69, 9.17) is 0 Å². The molecule has 1 heterocycles. The lowest BCUT2D eigenvalue weighted by atomic mass is 10.1. The zero-order valence-corrected chi connectivity index (χ0v) is 11.7. The zero-order chi connectivity index (χ0) is 13.0. The molecule has 1 aliphatic heterocycles. The molecule has 1 saturated heterocycles. The van der Waals surface area contributed by atoms with Gasteiger partial charge in [-0.05, 0) is 42.9 Å². The lowest BCUT2D eigenvalue weighted by Crippen LogP contribution is -2.32. The fourth-order valence-corrected chi connectivity index (χ4v) is 3.33. The predicted octanol–water partition coefficient (Wildman–Crippen LogP) is 2.74. The summed E-state index contributed by atoms with van der Waals surface area (Å²) < 4.78 is 0. The number of carbonyl (C=O) groups excluding carboxylic acids is 1. The van der Waals surface area contributed by atoms with Gasteiger partial charge >= 0.3 is 0 Å². The minimum Gasteiger partial charge on any atom is -0.381 e. The maximum Gasteiger partial charge on any atom is 0.251 e. The van der Waals surface area contributed by atoms with Crippen LogP contribution < -0.4 is 10.6 Å². The molecule has 2 unspecified atom stereocenters. The number of anilines is 1. The second-order valence-electron chi connectivity index (χ2n) is 4.63. The first-order valence-electron chi connectivity index (χ1n) is 6.41. The molecular weight excluding hydrogens is 244 g/mol. The van der Waals surface area contributed by atoms with Crippen molar-refractivity contribution in [2.24, 2.45) is 0 Å². The molecule has 3 nitrogen and oxygen atoms in total. The summed E-state index contributed by atoms with van der Waals surface area (Å²) in [4.78, 5) is 11.4. The van der Waals surface area contributed by atoms with Gasteiger partial charge in [0.15, 0.2) is 0 Å². The SMILES string of the molecule is CNC(=O)c1ccc(NC2CCCSC2C)cc1. The van der Waals surface area contributed by atoms with Crippen LogP contribution >= 0.6 is 11.8 Å². The van der Waals surface area contributed by atoms with E-state index in [-0.39, 0.29) is 5.91 Å². The average molecular weight is 264 g/mol. The zero-order valence-electron chi connectivity index (χ0n) is 10.9. The Morgan fingerprint density at radius 1 is 1.33 bits per heavy atom. The van der Waals surface area contributed by atoms with Gasteiger partial charge in [0, 0.05) is 29.6 Å². The van der Waals surface area contributed by atoms with Crippen LogP contribution in [0.2, 0.25) is 0 Å². The quantitative estimate of drug-likeness (QED) is 0.882. The molecule has 1 fully saturated rings. The van der Waals surface area contributed by atoms with E-state index in [1.54, 1.807) is 7.05 Å². The smallest absolute Gasteiger partial charge is 0.251 e. The second-order valence-corrected chi connectivity index (χ2v) is 6.11. The van der Waals surface area contributed by atoms with Gasteiger partial charge in [0.1, 0.15) is 0 Å². The topological polar surface area (TPSA) is 41.1 Å². The summed E-state index contributed by atoms with van der Waals surface area (Å²) in [5.41, 5.74) is 1.80. The molecule has 1 amide bonds. The molecule has 98 valence electrons. The molecule has 18 heavy (non-hydrogen) atoms. The molecule has 1 aliphatic rings. The monoisotopic (exact) mass is 264 g/mol. The van der Waals surface area contributed by atoms with Crippen LogP contribution in [0.3, 0.4) is 0 Å². The molecule has 0 bridgehead atoms. The Labute approximate surface area is 113 Å². The Morgan fingerprint density at radius 2 is 2.06 bits per heavy atom. The van der Waals surface area contributed by atoms with E-state index in [0.29, 0.717) is 16.9 Å². The van der Waals surface area contributed by atoms with Crippen molar-refractivity contribution in [1.82, 2.24) is 5.32 Å². The molecular formula is C14H20N2OS. The second kappa shape index (κ2) is 6.14. The number of carbonyl (C=O) groups is 1.